The number of nitrogens with zero attached hydrogens (tertiary/aromatic N) is 3. The van der Waals surface area contributed by atoms with Crippen molar-refractivity contribution in [1.29, 1.82) is 0 Å². The maximum atomic E-state index is 12.2. The number of hydrogen-bond acceptors (Lipinski definition) is 5. The minimum Gasteiger partial charge on any atom is -0.392 e. The summed E-state index contributed by atoms with van der Waals surface area (Å²) in [5, 5.41) is 13.2. The van der Waals surface area contributed by atoms with Crippen LogP contribution in [0, 0.1) is 0 Å². The second-order valence-electron chi connectivity index (χ2n) is 5.04. The van der Waals surface area contributed by atoms with E-state index < -0.39 is 0 Å². The summed E-state index contributed by atoms with van der Waals surface area (Å²) in [4.78, 5) is 16.2. The Hall–Kier alpha value is -1.40. The first-order chi connectivity index (χ1) is 9.11. The summed E-state index contributed by atoms with van der Waals surface area (Å²) in [5.74, 6) is -0.0797. The standard InChI is InChI=1S/C13H21N3O3/c1-3-11-9-16(6-5-15(11)8-10(2)17)13(18)12-4-7-19-14-12/h4,7,10-11,17H,3,5-6,8-9H2,1-2H3/t10-,11+/m0/s1. The second-order valence-corrected chi connectivity index (χ2v) is 5.04. The monoisotopic (exact) mass is 267 g/mol. The minimum atomic E-state index is -0.341. The molecule has 0 aromatic carbocycles. The maximum absolute atomic E-state index is 12.2. The van der Waals surface area contributed by atoms with Crippen LogP contribution >= 0.6 is 0 Å². The lowest BCUT2D eigenvalue weighted by atomic mass is 10.1. The summed E-state index contributed by atoms with van der Waals surface area (Å²) in [6, 6.07) is 1.88. The van der Waals surface area contributed by atoms with Crippen LogP contribution in [0.15, 0.2) is 16.9 Å². The first-order valence-electron chi connectivity index (χ1n) is 6.73. The number of carbonyl (C=O) groups is 1. The molecule has 1 fully saturated rings. The molecular formula is C13H21N3O3. The number of aliphatic hydroxyl groups excluding tert-OH is 1. The van der Waals surface area contributed by atoms with Crippen LogP contribution in [0.2, 0.25) is 0 Å². The van der Waals surface area contributed by atoms with Crippen molar-refractivity contribution in [2.24, 2.45) is 0 Å². The van der Waals surface area contributed by atoms with Gasteiger partial charge in [-0.2, -0.15) is 0 Å². The largest absolute Gasteiger partial charge is 0.392 e. The van der Waals surface area contributed by atoms with E-state index in [1.54, 1.807) is 13.0 Å². The normalized spacial score (nSPS) is 22.5. The van der Waals surface area contributed by atoms with E-state index in [4.69, 9.17) is 4.52 Å². The van der Waals surface area contributed by atoms with Crippen molar-refractivity contribution in [3.63, 3.8) is 0 Å². The highest BCUT2D eigenvalue weighted by Crippen LogP contribution is 2.15. The van der Waals surface area contributed by atoms with Gasteiger partial charge in [0.1, 0.15) is 6.26 Å². The third-order valence-corrected chi connectivity index (χ3v) is 3.52. The zero-order valence-electron chi connectivity index (χ0n) is 11.5. The molecule has 2 rings (SSSR count). The molecule has 1 saturated heterocycles. The molecule has 1 amide bonds. The molecule has 1 aliphatic rings. The number of carbonyl (C=O) groups excluding carboxylic acids is 1. The van der Waals surface area contributed by atoms with Gasteiger partial charge in [-0.15, -0.1) is 0 Å². The van der Waals surface area contributed by atoms with E-state index in [1.807, 2.05) is 4.90 Å². The zero-order chi connectivity index (χ0) is 13.8. The van der Waals surface area contributed by atoms with Crippen LogP contribution in [0.25, 0.3) is 0 Å². The van der Waals surface area contributed by atoms with Crippen molar-refractivity contribution in [3.05, 3.63) is 18.0 Å². The Morgan fingerprint density at radius 2 is 2.42 bits per heavy atom. The molecule has 6 heteroatoms. The van der Waals surface area contributed by atoms with E-state index >= 15 is 0 Å². The van der Waals surface area contributed by atoms with Gasteiger partial charge in [0.2, 0.25) is 0 Å². The zero-order valence-corrected chi connectivity index (χ0v) is 11.5. The SMILES string of the molecule is CC[C@@H]1CN(C(=O)c2ccon2)CCN1C[C@H](C)O. The number of β-amino-alcohol motifs (C(OH)–C–C–N with tert-alkyl or cyclic N) is 1. The number of amides is 1. The molecule has 0 saturated carbocycles. The molecule has 0 bridgehead atoms. The van der Waals surface area contributed by atoms with Gasteiger partial charge in [0, 0.05) is 38.3 Å². The van der Waals surface area contributed by atoms with Gasteiger partial charge < -0.3 is 14.5 Å². The summed E-state index contributed by atoms with van der Waals surface area (Å²) in [7, 11) is 0. The average Bonchev–Trinajstić information content (AvgIpc) is 2.91. The van der Waals surface area contributed by atoms with Gasteiger partial charge in [0.05, 0.1) is 6.10 Å². The summed E-state index contributed by atoms with van der Waals surface area (Å²) in [5.41, 5.74) is 0.360. The minimum absolute atomic E-state index is 0.0797. The van der Waals surface area contributed by atoms with Gasteiger partial charge in [0.15, 0.2) is 5.69 Å². The third-order valence-electron chi connectivity index (χ3n) is 3.52. The smallest absolute Gasteiger partial charge is 0.276 e. The number of rotatable bonds is 4. The van der Waals surface area contributed by atoms with Crippen LogP contribution in [-0.2, 0) is 0 Å². The Morgan fingerprint density at radius 1 is 1.63 bits per heavy atom. The molecule has 0 unspecified atom stereocenters. The van der Waals surface area contributed by atoms with E-state index in [0.717, 1.165) is 13.0 Å². The van der Waals surface area contributed by atoms with Crippen molar-refractivity contribution in [3.8, 4) is 0 Å². The number of hydrogen-bond donors (Lipinski definition) is 1. The Labute approximate surface area is 113 Å². The maximum Gasteiger partial charge on any atom is 0.276 e. The van der Waals surface area contributed by atoms with E-state index in [0.29, 0.717) is 31.4 Å². The third kappa shape index (κ3) is 3.33. The molecule has 0 aliphatic carbocycles. The van der Waals surface area contributed by atoms with E-state index in [2.05, 4.69) is 17.0 Å². The van der Waals surface area contributed by atoms with Gasteiger partial charge in [-0.1, -0.05) is 12.1 Å². The van der Waals surface area contributed by atoms with Crippen LogP contribution in [0.4, 0.5) is 0 Å². The van der Waals surface area contributed by atoms with E-state index in [-0.39, 0.29) is 12.0 Å². The van der Waals surface area contributed by atoms with Crippen LogP contribution in [-0.4, -0.2) is 64.3 Å². The molecule has 0 spiro atoms. The number of aromatic nitrogens is 1. The highest BCUT2D eigenvalue weighted by atomic mass is 16.5. The van der Waals surface area contributed by atoms with Gasteiger partial charge in [-0.3, -0.25) is 9.69 Å². The van der Waals surface area contributed by atoms with Gasteiger partial charge >= 0.3 is 0 Å². The van der Waals surface area contributed by atoms with Crippen LogP contribution < -0.4 is 0 Å². The molecular weight excluding hydrogens is 246 g/mol. The quantitative estimate of drug-likeness (QED) is 0.864. The number of aliphatic hydroxyl groups is 1. The van der Waals surface area contributed by atoms with Crippen LogP contribution in [0.3, 0.4) is 0 Å². The lowest BCUT2D eigenvalue weighted by molar-refractivity contribution is 0.0304. The molecule has 19 heavy (non-hydrogen) atoms. The van der Waals surface area contributed by atoms with Gasteiger partial charge in [-0.05, 0) is 13.3 Å². The topological polar surface area (TPSA) is 69.8 Å². The van der Waals surface area contributed by atoms with Crippen molar-refractivity contribution < 1.29 is 14.4 Å². The van der Waals surface area contributed by atoms with Crippen LogP contribution in [0.5, 0.6) is 0 Å². The van der Waals surface area contributed by atoms with Crippen molar-refractivity contribution in [1.82, 2.24) is 15.0 Å². The van der Waals surface area contributed by atoms with Gasteiger partial charge in [0.25, 0.3) is 5.91 Å². The van der Waals surface area contributed by atoms with E-state index in [9.17, 15) is 9.90 Å². The fourth-order valence-electron chi connectivity index (χ4n) is 2.53. The molecule has 6 nitrogen and oxygen atoms in total. The molecule has 0 radical (unpaired) electrons. The van der Waals surface area contributed by atoms with Crippen molar-refractivity contribution in [2.75, 3.05) is 26.2 Å². The number of piperazine rings is 1. The highest BCUT2D eigenvalue weighted by molar-refractivity contribution is 5.92. The van der Waals surface area contributed by atoms with Crippen molar-refractivity contribution >= 4 is 5.91 Å². The summed E-state index contributed by atoms with van der Waals surface area (Å²) >= 11 is 0. The Bertz CT molecular complexity index is 405. The van der Waals surface area contributed by atoms with Gasteiger partial charge in [-0.25, -0.2) is 0 Å². The highest BCUT2D eigenvalue weighted by Gasteiger charge is 2.30. The molecule has 1 aromatic rings. The first kappa shape index (κ1) is 14.0. The van der Waals surface area contributed by atoms with Crippen molar-refractivity contribution in [2.45, 2.75) is 32.4 Å². The molecule has 2 heterocycles. The molecule has 1 N–H and O–H groups in total. The lowest BCUT2D eigenvalue weighted by Gasteiger charge is -2.41. The van der Waals surface area contributed by atoms with Crippen LogP contribution in [0.1, 0.15) is 30.8 Å². The molecule has 1 aliphatic heterocycles. The van der Waals surface area contributed by atoms with E-state index in [1.165, 1.54) is 6.26 Å². The summed E-state index contributed by atoms with van der Waals surface area (Å²) in [6.07, 6.45) is 2.02. The summed E-state index contributed by atoms with van der Waals surface area (Å²) in [6.45, 7) is 6.67. The average molecular weight is 267 g/mol. The predicted molar refractivity (Wildman–Crippen MR) is 69.7 cm³/mol. The predicted octanol–water partition coefficient (Wildman–Crippen LogP) is 0.592. The lowest BCUT2D eigenvalue weighted by Crippen LogP contribution is -2.55. The Kier molecular flexibility index (Phi) is 4.55. The molecule has 106 valence electrons. The Morgan fingerprint density at radius 3 is 3.00 bits per heavy atom. The first-order valence-corrected chi connectivity index (χ1v) is 6.73. The molecule has 2 atom stereocenters. The molecule has 1 aromatic heterocycles. The second kappa shape index (κ2) is 6.16. The Balaban J connectivity index is 1.98. The fraction of sp³-hybridized carbons (Fsp3) is 0.692. The summed E-state index contributed by atoms with van der Waals surface area (Å²) < 4.78 is 4.71. The fourth-order valence-corrected chi connectivity index (χ4v) is 2.53.